The molecule has 2 aliphatic heterocycles. The second-order valence-electron chi connectivity index (χ2n) is 7.17. The molecule has 0 bridgehead atoms. The Kier molecular flexibility index (Phi) is 5.38. The summed E-state index contributed by atoms with van der Waals surface area (Å²) in [4.78, 5) is 45.2. The molecule has 3 heterocycles. The maximum atomic E-state index is 12.9. The van der Waals surface area contributed by atoms with Gasteiger partial charge < -0.3 is 15.1 Å². The fraction of sp³-hybridized carbons (Fsp3) is 0.400. The van der Waals surface area contributed by atoms with Crippen LogP contribution in [0, 0.1) is 11.8 Å². The van der Waals surface area contributed by atoms with Gasteiger partial charge in [0.25, 0.3) is 0 Å². The zero-order valence-electron chi connectivity index (χ0n) is 15.4. The van der Waals surface area contributed by atoms with Crippen LogP contribution in [0.4, 0.5) is 10.8 Å². The Labute approximate surface area is 167 Å². The highest BCUT2D eigenvalue weighted by Gasteiger charge is 2.38. The van der Waals surface area contributed by atoms with Crippen molar-refractivity contribution in [2.75, 3.05) is 29.9 Å². The van der Waals surface area contributed by atoms with E-state index >= 15 is 0 Å². The van der Waals surface area contributed by atoms with Crippen LogP contribution in [0.15, 0.2) is 41.9 Å². The summed E-state index contributed by atoms with van der Waals surface area (Å²) in [7, 11) is 0. The van der Waals surface area contributed by atoms with Crippen molar-refractivity contribution < 1.29 is 14.4 Å². The summed E-state index contributed by atoms with van der Waals surface area (Å²) in [5.74, 6) is -0.450. The zero-order valence-corrected chi connectivity index (χ0v) is 16.2. The Morgan fingerprint density at radius 3 is 2.54 bits per heavy atom. The van der Waals surface area contributed by atoms with Gasteiger partial charge >= 0.3 is 0 Å². The van der Waals surface area contributed by atoms with Gasteiger partial charge in [0.05, 0.1) is 5.92 Å². The summed E-state index contributed by atoms with van der Waals surface area (Å²) in [5.41, 5.74) is 0.834. The Balaban J connectivity index is 1.31. The van der Waals surface area contributed by atoms with Crippen molar-refractivity contribution >= 4 is 39.9 Å². The average Bonchev–Trinajstić information content (AvgIpc) is 3.38. The monoisotopic (exact) mass is 398 g/mol. The van der Waals surface area contributed by atoms with Crippen LogP contribution in [0.5, 0.6) is 0 Å². The summed E-state index contributed by atoms with van der Waals surface area (Å²) in [6.45, 7) is 1.52. The Morgan fingerprint density at radius 1 is 1.11 bits per heavy atom. The molecular formula is C20H22N4O3S. The van der Waals surface area contributed by atoms with Gasteiger partial charge in [-0.15, -0.1) is 11.3 Å². The molecule has 2 aromatic rings. The van der Waals surface area contributed by atoms with Gasteiger partial charge in [0.15, 0.2) is 5.13 Å². The van der Waals surface area contributed by atoms with Crippen LogP contribution in [0.2, 0.25) is 0 Å². The molecule has 1 atom stereocenters. The van der Waals surface area contributed by atoms with E-state index in [1.165, 1.54) is 11.3 Å². The number of para-hydroxylation sites is 1. The van der Waals surface area contributed by atoms with Crippen LogP contribution in [0.25, 0.3) is 0 Å². The lowest BCUT2D eigenvalue weighted by atomic mass is 9.94. The van der Waals surface area contributed by atoms with Crippen molar-refractivity contribution in [2.24, 2.45) is 11.8 Å². The van der Waals surface area contributed by atoms with E-state index in [-0.39, 0.29) is 36.0 Å². The molecule has 1 N–H and O–H groups in total. The number of rotatable bonds is 4. The molecule has 146 valence electrons. The average molecular weight is 398 g/mol. The SMILES string of the molecule is O=C(Nc1nccs1)C1CCN(C(=O)[C@H]2CC(=O)N(c3ccccc3)C2)CC1. The number of benzene rings is 1. The number of thiazole rings is 1. The molecule has 0 radical (unpaired) electrons. The molecule has 2 saturated heterocycles. The Morgan fingerprint density at radius 2 is 1.86 bits per heavy atom. The minimum absolute atomic E-state index is 0.0118. The number of carbonyl (C=O) groups excluding carboxylic acids is 3. The molecule has 0 aliphatic carbocycles. The first-order valence-electron chi connectivity index (χ1n) is 9.46. The number of anilines is 2. The summed E-state index contributed by atoms with van der Waals surface area (Å²) < 4.78 is 0. The number of piperidine rings is 1. The van der Waals surface area contributed by atoms with Gasteiger partial charge in [-0.1, -0.05) is 18.2 Å². The van der Waals surface area contributed by atoms with Gasteiger partial charge in [-0.25, -0.2) is 4.98 Å². The molecule has 0 saturated carbocycles. The van der Waals surface area contributed by atoms with Gasteiger partial charge in [0.1, 0.15) is 0 Å². The standard InChI is InChI=1S/C20H22N4O3S/c25-17-12-15(13-24(17)16-4-2-1-3-5-16)19(27)23-9-6-14(7-10-23)18(26)22-20-21-8-11-28-20/h1-5,8,11,14-15H,6-7,9-10,12-13H2,(H,21,22,26)/t15-/m0/s1. The van der Waals surface area contributed by atoms with E-state index in [4.69, 9.17) is 0 Å². The van der Waals surface area contributed by atoms with Crippen LogP contribution in [0.1, 0.15) is 19.3 Å². The van der Waals surface area contributed by atoms with E-state index in [0.717, 1.165) is 5.69 Å². The number of aromatic nitrogens is 1. The molecule has 4 rings (SSSR count). The summed E-state index contributed by atoms with van der Waals surface area (Å²) >= 11 is 1.39. The highest BCUT2D eigenvalue weighted by molar-refractivity contribution is 7.13. The number of hydrogen-bond acceptors (Lipinski definition) is 5. The van der Waals surface area contributed by atoms with Crippen molar-refractivity contribution in [3.8, 4) is 0 Å². The molecule has 2 aliphatic rings. The molecule has 1 aromatic heterocycles. The van der Waals surface area contributed by atoms with Gasteiger partial charge in [-0.05, 0) is 25.0 Å². The van der Waals surface area contributed by atoms with Crippen molar-refractivity contribution in [3.05, 3.63) is 41.9 Å². The summed E-state index contributed by atoms with van der Waals surface area (Å²) in [6.07, 6.45) is 3.17. The van der Waals surface area contributed by atoms with E-state index in [2.05, 4.69) is 10.3 Å². The van der Waals surface area contributed by atoms with Gasteiger partial charge in [0.2, 0.25) is 17.7 Å². The van der Waals surface area contributed by atoms with E-state index < -0.39 is 0 Å². The third-order valence-electron chi connectivity index (χ3n) is 5.38. The Bertz CT molecular complexity index is 848. The second-order valence-corrected chi connectivity index (χ2v) is 8.06. The van der Waals surface area contributed by atoms with Crippen LogP contribution < -0.4 is 10.2 Å². The van der Waals surface area contributed by atoms with Crippen LogP contribution in [-0.4, -0.2) is 47.2 Å². The van der Waals surface area contributed by atoms with Gasteiger partial charge in [0, 0.05) is 49.2 Å². The highest BCUT2D eigenvalue weighted by atomic mass is 32.1. The molecule has 7 nitrogen and oxygen atoms in total. The first-order chi connectivity index (χ1) is 13.6. The van der Waals surface area contributed by atoms with Gasteiger partial charge in [-0.2, -0.15) is 0 Å². The molecular weight excluding hydrogens is 376 g/mol. The lowest BCUT2D eigenvalue weighted by Crippen LogP contribution is -2.44. The number of hydrogen-bond donors (Lipinski definition) is 1. The lowest BCUT2D eigenvalue weighted by Gasteiger charge is -2.32. The zero-order chi connectivity index (χ0) is 19.5. The summed E-state index contributed by atoms with van der Waals surface area (Å²) in [5, 5.41) is 5.26. The maximum Gasteiger partial charge on any atom is 0.229 e. The quantitative estimate of drug-likeness (QED) is 0.857. The van der Waals surface area contributed by atoms with Crippen molar-refractivity contribution in [1.29, 1.82) is 0 Å². The topological polar surface area (TPSA) is 82.6 Å². The first kappa shape index (κ1) is 18.6. The summed E-state index contributed by atoms with van der Waals surface area (Å²) in [6, 6.07) is 9.45. The number of carbonyl (C=O) groups is 3. The van der Waals surface area contributed by atoms with Crippen LogP contribution in [0.3, 0.4) is 0 Å². The van der Waals surface area contributed by atoms with E-state index in [0.29, 0.717) is 37.6 Å². The van der Waals surface area contributed by atoms with E-state index in [1.54, 1.807) is 16.0 Å². The second kappa shape index (κ2) is 8.10. The number of nitrogens with one attached hydrogen (secondary N) is 1. The third kappa shape index (κ3) is 3.91. The fourth-order valence-corrected chi connectivity index (χ4v) is 4.38. The molecule has 0 unspecified atom stereocenters. The molecule has 8 heteroatoms. The minimum atomic E-state index is -0.312. The van der Waals surface area contributed by atoms with Crippen molar-refractivity contribution in [2.45, 2.75) is 19.3 Å². The van der Waals surface area contributed by atoms with Crippen LogP contribution >= 0.6 is 11.3 Å². The predicted octanol–water partition coefficient (Wildman–Crippen LogP) is 2.37. The van der Waals surface area contributed by atoms with Crippen LogP contribution in [-0.2, 0) is 14.4 Å². The number of likely N-dealkylation sites (tertiary alicyclic amines) is 1. The first-order valence-corrected chi connectivity index (χ1v) is 10.3. The smallest absolute Gasteiger partial charge is 0.229 e. The predicted molar refractivity (Wildman–Crippen MR) is 107 cm³/mol. The minimum Gasteiger partial charge on any atom is -0.342 e. The molecule has 3 amide bonds. The van der Waals surface area contributed by atoms with E-state index in [1.807, 2.05) is 35.7 Å². The largest absolute Gasteiger partial charge is 0.342 e. The van der Waals surface area contributed by atoms with Crippen molar-refractivity contribution in [3.63, 3.8) is 0 Å². The third-order valence-corrected chi connectivity index (χ3v) is 6.07. The fourth-order valence-electron chi connectivity index (χ4n) is 3.84. The maximum absolute atomic E-state index is 12.9. The number of amides is 3. The molecule has 2 fully saturated rings. The molecule has 28 heavy (non-hydrogen) atoms. The Hall–Kier alpha value is -2.74. The molecule has 1 aromatic carbocycles. The van der Waals surface area contributed by atoms with Gasteiger partial charge in [-0.3, -0.25) is 14.4 Å². The lowest BCUT2D eigenvalue weighted by molar-refractivity contribution is -0.138. The van der Waals surface area contributed by atoms with E-state index in [9.17, 15) is 14.4 Å². The molecule has 0 spiro atoms. The highest BCUT2D eigenvalue weighted by Crippen LogP contribution is 2.28. The van der Waals surface area contributed by atoms with Crippen molar-refractivity contribution in [1.82, 2.24) is 9.88 Å². The number of nitrogens with zero attached hydrogens (tertiary/aromatic N) is 3. The normalized spacial score (nSPS) is 20.4.